The number of sulfone groups is 1. The van der Waals surface area contributed by atoms with Crippen LogP contribution in [0.1, 0.15) is 18.1 Å². The standard InChI is InChI=1S/C17H21NO4S2/c1-4-18(13-15-8-6-5-7-14(15)2)24(21,22)17-11-9-16(10-12-17)23(3,19)20/h5-12H,4,13H2,1-3H3. The van der Waals surface area contributed by atoms with Crippen molar-refractivity contribution in [2.75, 3.05) is 12.8 Å². The van der Waals surface area contributed by atoms with E-state index >= 15 is 0 Å². The van der Waals surface area contributed by atoms with Crippen LogP contribution in [0.5, 0.6) is 0 Å². The van der Waals surface area contributed by atoms with Crippen molar-refractivity contribution in [2.45, 2.75) is 30.2 Å². The maximum atomic E-state index is 12.8. The normalized spacial score (nSPS) is 12.5. The lowest BCUT2D eigenvalue weighted by atomic mass is 10.1. The molecule has 2 aromatic carbocycles. The molecule has 0 atom stereocenters. The first-order valence-electron chi connectivity index (χ1n) is 7.51. The van der Waals surface area contributed by atoms with Gasteiger partial charge in [-0.15, -0.1) is 0 Å². The third-order valence-electron chi connectivity index (χ3n) is 3.85. The van der Waals surface area contributed by atoms with E-state index in [2.05, 4.69) is 0 Å². The molecule has 2 aromatic rings. The molecule has 0 amide bonds. The Morgan fingerprint density at radius 2 is 1.42 bits per heavy atom. The van der Waals surface area contributed by atoms with E-state index in [0.717, 1.165) is 17.4 Å². The van der Waals surface area contributed by atoms with Crippen LogP contribution in [0.3, 0.4) is 0 Å². The number of hydrogen-bond acceptors (Lipinski definition) is 4. The Hall–Kier alpha value is -1.70. The van der Waals surface area contributed by atoms with Gasteiger partial charge in [-0.25, -0.2) is 16.8 Å². The Kier molecular flexibility index (Phi) is 5.47. The molecule has 130 valence electrons. The van der Waals surface area contributed by atoms with E-state index in [9.17, 15) is 16.8 Å². The zero-order chi connectivity index (χ0) is 18.0. The summed E-state index contributed by atoms with van der Waals surface area (Å²) in [7, 11) is -7.04. The molecular formula is C17H21NO4S2. The number of aryl methyl sites for hydroxylation is 1. The highest BCUT2D eigenvalue weighted by atomic mass is 32.2. The summed E-state index contributed by atoms with van der Waals surface area (Å²) in [5.41, 5.74) is 1.97. The highest BCUT2D eigenvalue weighted by Gasteiger charge is 2.24. The second kappa shape index (κ2) is 7.04. The molecule has 0 saturated heterocycles. The summed E-state index contributed by atoms with van der Waals surface area (Å²) in [6.07, 6.45) is 1.09. The Morgan fingerprint density at radius 1 is 0.875 bits per heavy atom. The minimum Gasteiger partial charge on any atom is -0.224 e. The fourth-order valence-corrected chi connectivity index (χ4v) is 4.41. The smallest absolute Gasteiger partial charge is 0.224 e. The third kappa shape index (κ3) is 4.03. The van der Waals surface area contributed by atoms with E-state index in [-0.39, 0.29) is 16.3 Å². The molecule has 5 nitrogen and oxygen atoms in total. The van der Waals surface area contributed by atoms with E-state index in [1.54, 1.807) is 6.92 Å². The Bertz CT molecular complexity index is 917. The molecule has 2 rings (SSSR count). The summed E-state index contributed by atoms with van der Waals surface area (Å²) in [5, 5.41) is 0. The van der Waals surface area contributed by atoms with Crippen LogP contribution in [0.2, 0.25) is 0 Å². The molecule has 0 aliphatic carbocycles. The highest BCUT2D eigenvalue weighted by molar-refractivity contribution is 7.90. The van der Waals surface area contributed by atoms with Crippen LogP contribution < -0.4 is 0 Å². The minimum absolute atomic E-state index is 0.0883. The predicted molar refractivity (Wildman–Crippen MR) is 94.0 cm³/mol. The summed E-state index contributed by atoms with van der Waals surface area (Å²) in [4.78, 5) is 0.189. The number of hydrogen-bond donors (Lipinski definition) is 0. The van der Waals surface area contributed by atoms with Crippen LogP contribution >= 0.6 is 0 Å². The van der Waals surface area contributed by atoms with Crippen LogP contribution in [0.4, 0.5) is 0 Å². The van der Waals surface area contributed by atoms with Gasteiger partial charge in [-0.05, 0) is 42.3 Å². The van der Waals surface area contributed by atoms with Gasteiger partial charge in [-0.1, -0.05) is 31.2 Å². The topological polar surface area (TPSA) is 71.5 Å². The zero-order valence-corrected chi connectivity index (χ0v) is 15.6. The largest absolute Gasteiger partial charge is 0.243 e. The van der Waals surface area contributed by atoms with Gasteiger partial charge < -0.3 is 0 Å². The molecule has 0 spiro atoms. The maximum absolute atomic E-state index is 12.8. The van der Waals surface area contributed by atoms with Crippen molar-refractivity contribution < 1.29 is 16.8 Å². The van der Waals surface area contributed by atoms with Crippen LogP contribution in [0, 0.1) is 6.92 Å². The van der Waals surface area contributed by atoms with Gasteiger partial charge in [0.2, 0.25) is 10.0 Å². The number of benzene rings is 2. The first-order valence-corrected chi connectivity index (χ1v) is 10.8. The number of sulfonamides is 1. The summed E-state index contributed by atoms with van der Waals surface area (Å²) < 4.78 is 50.0. The maximum Gasteiger partial charge on any atom is 0.243 e. The Morgan fingerprint density at radius 3 is 1.92 bits per heavy atom. The number of nitrogens with zero attached hydrogens (tertiary/aromatic N) is 1. The predicted octanol–water partition coefficient (Wildman–Crippen LogP) is 2.61. The Balaban J connectivity index is 2.35. The first-order chi connectivity index (χ1) is 11.2. The summed E-state index contributed by atoms with van der Waals surface area (Å²) in [6.45, 7) is 4.32. The van der Waals surface area contributed by atoms with Gasteiger partial charge in [0.25, 0.3) is 0 Å². The lowest BCUT2D eigenvalue weighted by Gasteiger charge is -2.21. The van der Waals surface area contributed by atoms with Crippen molar-refractivity contribution in [2.24, 2.45) is 0 Å². The van der Waals surface area contributed by atoms with Crippen LogP contribution in [-0.4, -0.2) is 33.9 Å². The molecule has 0 bridgehead atoms. The molecule has 0 aliphatic heterocycles. The second-order valence-electron chi connectivity index (χ2n) is 5.60. The van der Waals surface area contributed by atoms with E-state index in [1.807, 2.05) is 31.2 Å². The average molecular weight is 367 g/mol. The quantitative estimate of drug-likeness (QED) is 0.787. The lowest BCUT2D eigenvalue weighted by molar-refractivity contribution is 0.422. The molecule has 0 fully saturated rings. The zero-order valence-electron chi connectivity index (χ0n) is 13.9. The molecule has 0 aromatic heterocycles. The molecule has 0 aliphatic rings. The van der Waals surface area contributed by atoms with Gasteiger partial charge in [-0.3, -0.25) is 0 Å². The molecule has 0 heterocycles. The van der Waals surface area contributed by atoms with Crippen LogP contribution in [0.25, 0.3) is 0 Å². The molecule has 0 N–H and O–H groups in total. The molecule has 7 heteroatoms. The number of rotatable bonds is 6. The SMILES string of the molecule is CCN(Cc1ccccc1C)S(=O)(=O)c1ccc(S(C)(=O)=O)cc1. The summed E-state index contributed by atoms with van der Waals surface area (Å²) >= 11 is 0. The van der Waals surface area contributed by atoms with E-state index in [1.165, 1.54) is 28.6 Å². The van der Waals surface area contributed by atoms with Gasteiger partial charge in [0.05, 0.1) is 9.79 Å². The van der Waals surface area contributed by atoms with E-state index in [4.69, 9.17) is 0 Å². The van der Waals surface area contributed by atoms with Crippen molar-refractivity contribution in [3.63, 3.8) is 0 Å². The monoisotopic (exact) mass is 367 g/mol. The van der Waals surface area contributed by atoms with Crippen molar-refractivity contribution in [3.05, 3.63) is 59.7 Å². The summed E-state index contributed by atoms with van der Waals surface area (Å²) in [5.74, 6) is 0. The summed E-state index contributed by atoms with van der Waals surface area (Å²) in [6, 6.07) is 13.0. The van der Waals surface area contributed by atoms with Crippen molar-refractivity contribution >= 4 is 19.9 Å². The van der Waals surface area contributed by atoms with Crippen molar-refractivity contribution in [3.8, 4) is 0 Å². The molecule has 24 heavy (non-hydrogen) atoms. The molecule has 0 unspecified atom stereocenters. The Labute approximate surface area is 143 Å². The van der Waals surface area contributed by atoms with Gasteiger partial charge in [0.1, 0.15) is 0 Å². The highest BCUT2D eigenvalue weighted by Crippen LogP contribution is 2.21. The fourth-order valence-electron chi connectivity index (χ4n) is 2.35. The van der Waals surface area contributed by atoms with Gasteiger partial charge in [0, 0.05) is 19.3 Å². The molecule has 0 radical (unpaired) electrons. The first kappa shape index (κ1) is 18.6. The second-order valence-corrected chi connectivity index (χ2v) is 9.55. The molecule has 0 saturated carbocycles. The van der Waals surface area contributed by atoms with E-state index in [0.29, 0.717) is 6.54 Å². The van der Waals surface area contributed by atoms with E-state index < -0.39 is 19.9 Å². The minimum atomic E-state index is -3.69. The van der Waals surface area contributed by atoms with Gasteiger partial charge in [-0.2, -0.15) is 4.31 Å². The van der Waals surface area contributed by atoms with Crippen molar-refractivity contribution in [1.82, 2.24) is 4.31 Å². The van der Waals surface area contributed by atoms with Crippen LogP contribution in [0.15, 0.2) is 58.3 Å². The van der Waals surface area contributed by atoms with Crippen molar-refractivity contribution in [1.29, 1.82) is 0 Å². The molecular weight excluding hydrogens is 346 g/mol. The van der Waals surface area contributed by atoms with Gasteiger partial charge >= 0.3 is 0 Å². The third-order valence-corrected chi connectivity index (χ3v) is 6.91. The fraction of sp³-hybridized carbons (Fsp3) is 0.294. The van der Waals surface area contributed by atoms with Gasteiger partial charge in [0.15, 0.2) is 9.84 Å². The average Bonchev–Trinajstić information content (AvgIpc) is 2.53. The van der Waals surface area contributed by atoms with Crippen LogP contribution in [-0.2, 0) is 26.4 Å². The lowest BCUT2D eigenvalue weighted by Crippen LogP contribution is -2.30.